The minimum Gasteiger partial charge on any atom is -0.305 e. The average Bonchev–Trinajstić information content (AvgIpc) is 3.17. The average molecular weight is 289 g/mol. The maximum Gasteiger partial charge on any atom is 0.0537 e. The largest absolute Gasteiger partial charge is 0.305 e. The van der Waals surface area contributed by atoms with Crippen molar-refractivity contribution in [3.8, 4) is 0 Å². The van der Waals surface area contributed by atoms with Gasteiger partial charge in [-0.3, -0.25) is 4.68 Å². The van der Waals surface area contributed by atoms with Gasteiger partial charge in [-0.25, -0.2) is 0 Å². The van der Waals surface area contributed by atoms with Gasteiger partial charge >= 0.3 is 0 Å². The van der Waals surface area contributed by atoms with E-state index in [1.54, 1.807) is 0 Å². The zero-order valence-corrected chi connectivity index (χ0v) is 13.1. The van der Waals surface area contributed by atoms with E-state index in [9.17, 15) is 0 Å². The van der Waals surface area contributed by atoms with Crippen molar-refractivity contribution in [2.24, 2.45) is 13.0 Å². The van der Waals surface area contributed by atoms with E-state index in [1.807, 2.05) is 29.3 Å². The van der Waals surface area contributed by atoms with Gasteiger partial charge in [0.2, 0.25) is 0 Å². The fraction of sp³-hybridized carbons (Fsp3) is 0.562. The number of rotatable bonds is 5. The Kier molecular flexibility index (Phi) is 4.22. The fourth-order valence-electron chi connectivity index (χ4n) is 3.20. The van der Waals surface area contributed by atoms with Crippen LogP contribution in [0.3, 0.4) is 0 Å². The zero-order valence-electron chi connectivity index (χ0n) is 12.3. The van der Waals surface area contributed by atoms with E-state index in [1.165, 1.54) is 41.8 Å². The lowest BCUT2D eigenvalue weighted by Crippen LogP contribution is -2.26. The molecule has 0 spiro atoms. The summed E-state index contributed by atoms with van der Waals surface area (Å²) in [6.45, 7) is 3.05. The summed E-state index contributed by atoms with van der Waals surface area (Å²) >= 11 is 1.88. The van der Waals surface area contributed by atoms with Gasteiger partial charge in [-0.1, -0.05) is 18.9 Å². The van der Waals surface area contributed by atoms with Crippen molar-refractivity contribution < 1.29 is 0 Å². The van der Waals surface area contributed by atoms with Crippen LogP contribution in [0.15, 0.2) is 23.7 Å². The molecule has 3 rings (SSSR count). The van der Waals surface area contributed by atoms with Crippen LogP contribution in [0.1, 0.15) is 47.9 Å². The summed E-state index contributed by atoms with van der Waals surface area (Å²) in [4.78, 5) is 1.48. The summed E-state index contributed by atoms with van der Waals surface area (Å²) in [5.41, 5.74) is 2.57. The first kappa shape index (κ1) is 13.8. The molecule has 4 heteroatoms. The van der Waals surface area contributed by atoms with Gasteiger partial charge in [0.25, 0.3) is 0 Å². The fourth-order valence-corrected chi connectivity index (χ4v) is 4.09. The molecule has 1 N–H and O–H groups in total. The Labute approximate surface area is 125 Å². The van der Waals surface area contributed by atoms with Crippen molar-refractivity contribution in [1.82, 2.24) is 15.1 Å². The van der Waals surface area contributed by atoms with Crippen LogP contribution in [0.2, 0.25) is 0 Å². The third kappa shape index (κ3) is 2.81. The van der Waals surface area contributed by atoms with Crippen molar-refractivity contribution in [1.29, 1.82) is 0 Å². The number of aromatic nitrogens is 2. The van der Waals surface area contributed by atoms with E-state index in [0.29, 0.717) is 6.04 Å². The molecule has 108 valence electrons. The minimum absolute atomic E-state index is 0.511. The molecule has 2 aromatic heterocycles. The Morgan fingerprint density at radius 2 is 2.25 bits per heavy atom. The molecule has 2 aromatic rings. The summed E-state index contributed by atoms with van der Waals surface area (Å²) in [5.74, 6) is 0.797. The van der Waals surface area contributed by atoms with Gasteiger partial charge in [-0.15, -0.1) is 11.3 Å². The molecule has 0 bridgehead atoms. The minimum atomic E-state index is 0.511. The highest BCUT2D eigenvalue weighted by Gasteiger charge is 2.26. The van der Waals surface area contributed by atoms with Crippen LogP contribution >= 0.6 is 11.3 Å². The van der Waals surface area contributed by atoms with Gasteiger partial charge in [0.1, 0.15) is 0 Å². The molecule has 0 saturated heterocycles. The van der Waals surface area contributed by atoms with E-state index in [4.69, 9.17) is 0 Å². The third-order valence-corrected chi connectivity index (χ3v) is 5.53. The van der Waals surface area contributed by atoms with Crippen molar-refractivity contribution in [2.45, 2.75) is 45.2 Å². The molecule has 1 atom stereocenters. The smallest absolute Gasteiger partial charge is 0.0537 e. The second-order valence-corrected chi connectivity index (χ2v) is 6.78. The molecule has 3 nitrogen and oxygen atoms in total. The molecule has 0 amide bonds. The van der Waals surface area contributed by atoms with Gasteiger partial charge in [0, 0.05) is 35.8 Å². The van der Waals surface area contributed by atoms with Crippen molar-refractivity contribution in [3.05, 3.63) is 39.8 Å². The predicted molar refractivity (Wildman–Crippen MR) is 83.8 cm³/mol. The van der Waals surface area contributed by atoms with Crippen LogP contribution in [-0.4, -0.2) is 9.78 Å². The lowest BCUT2D eigenvalue weighted by Gasteiger charge is -2.24. The Bertz CT molecular complexity index is 538. The molecule has 0 aliphatic heterocycles. The molecule has 20 heavy (non-hydrogen) atoms. The molecule has 0 radical (unpaired) electrons. The monoisotopic (exact) mass is 289 g/mol. The van der Waals surface area contributed by atoms with E-state index in [2.05, 4.69) is 34.9 Å². The molecule has 1 aliphatic carbocycles. The molecule has 1 fully saturated rings. The van der Waals surface area contributed by atoms with E-state index in [0.717, 1.165) is 12.5 Å². The quantitative estimate of drug-likeness (QED) is 0.907. The van der Waals surface area contributed by atoms with Crippen LogP contribution in [-0.2, 0) is 13.6 Å². The second kappa shape index (κ2) is 6.10. The van der Waals surface area contributed by atoms with Crippen molar-refractivity contribution >= 4 is 11.3 Å². The first-order valence-electron chi connectivity index (χ1n) is 7.50. The maximum absolute atomic E-state index is 4.33. The van der Waals surface area contributed by atoms with Crippen LogP contribution < -0.4 is 5.32 Å². The van der Waals surface area contributed by atoms with Gasteiger partial charge in [-0.05, 0) is 37.1 Å². The van der Waals surface area contributed by atoms with Gasteiger partial charge in [-0.2, -0.15) is 5.10 Å². The summed E-state index contributed by atoms with van der Waals surface area (Å²) in [6.07, 6.45) is 7.49. The molecular formula is C16H23N3S. The molecule has 1 aliphatic rings. The summed E-state index contributed by atoms with van der Waals surface area (Å²) in [5, 5.41) is 10.3. The summed E-state index contributed by atoms with van der Waals surface area (Å²) in [7, 11) is 2.01. The number of nitrogens with one attached hydrogen (secondary N) is 1. The number of aryl methyl sites for hydroxylation is 1. The SMILES string of the molecule is Cc1c(CNC(c2cccs2)C2CCCC2)cnn1C. The summed E-state index contributed by atoms with van der Waals surface area (Å²) < 4.78 is 1.95. The molecule has 1 unspecified atom stereocenters. The Hall–Kier alpha value is -1.13. The van der Waals surface area contributed by atoms with Crippen LogP contribution in [0.5, 0.6) is 0 Å². The van der Waals surface area contributed by atoms with Gasteiger partial charge in [0.05, 0.1) is 6.20 Å². The topological polar surface area (TPSA) is 29.9 Å². The van der Waals surface area contributed by atoms with E-state index >= 15 is 0 Å². The Morgan fingerprint density at radius 1 is 1.45 bits per heavy atom. The lowest BCUT2D eigenvalue weighted by molar-refractivity contribution is 0.370. The number of hydrogen-bond acceptors (Lipinski definition) is 3. The molecular weight excluding hydrogens is 266 g/mol. The molecule has 2 heterocycles. The Morgan fingerprint density at radius 3 is 2.85 bits per heavy atom. The van der Waals surface area contributed by atoms with E-state index in [-0.39, 0.29) is 0 Å². The number of hydrogen-bond donors (Lipinski definition) is 1. The highest BCUT2D eigenvalue weighted by Crippen LogP contribution is 2.37. The normalized spacial score (nSPS) is 17.7. The number of thiophene rings is 1. The van der Waals surface area contributed by atoms with Crippen LogP contribution in [0.25, 0.3) is 0 Å². The third-order valence-electron chi connectivity index (χ3n) is 4.57. The standard InChI is InChI=1S/C16H23N3S/c1-12-14(11-18-19(12)2)10-17-16(13-6-3-4-7-13)15-8-5-9-20-15/h5,8-9,11,13,16-17H,3-4,6-7,10H2,1-2H3. The number of nitrogens with zero attached hydrogens (tertiary/aromatic N) is 2. The van der Waals surface area contributed by atoms with Crippen molar-refractivity contribution in [3.63, 3.8) is 0 Å². The first-order chi connectivity index (χ1) is 9.75. The van der Waals surface area contributed by atoms with Crippen molar-refractivity contribution in [2.75, 3.05) is 0 Å². The van der Waals surface area contributed by atoms with Gasteiger partial charge in [0.15, 0.2) is 0 Å². The molecule has 0 aromatic carbocycles. The van der Waals surface area contributed by atoms with E-state index < -0.39 is 0 Å². The second-order valence-electron chi connectivity index (χ2n) is 5.80. The first-order valence-corrected chi connectivity index (χ1v) is 8.38. The van der Waals surface area contributed by atoms with Crippen LogP contribution in [0.4, 0.5) is 0 Å². The Balaban J connectivity index is 1.72. The predicted octanol–water partition coefficient (Wildman–Crippen LogP) is 3.81. The maximum atomic E-state index is 4.33. The highest BCUT2D eigenvalue weighted by atomic mass is 32.1. The van der Waals surface area contributed by atoms with Gasteiger partial charge < -0.3 is 5.32 Å². The zero-order chi connectivity index (χ0) is 13.9. The summed E-state index contributed by atoms with van der Waals surface area (Å²) in [6, 6.07) is 4.95. The molecule has 1 saturated carbocycles. The highest BCUT2D eigenvalue weighted by molar-refractivity contribution is 7.10. The lowest BCUT2D eigenvalue weighted by atomic mass is 9.96. The van der Waals surface area contributed by atoms with Crippen LogP contribution in [0, 0.1) is 12.8 Å².